The van der Waals surface area contributed by atoms with Crippen LogP contribution >= 0.6 is 0 Å². The highest BCUT2D eigenvalue weighted by Gasteiger charge is 2.26. The van der Waals surface area contributed by atoms with Gasteiger partial charge in [-0.15, -0.1) is 0 Å². The number of ether oxygens (including phenoxy) is 1. The minimum atomic E-state index is 0.100. The Morgan fingerprint density at radius 2 is 2.11 bits per heavy atom. The molecule has 1 atom stereocenters. The molecule has 1 amide bonds. The Kier molecular flexibility index (Phi) is 3.83. The Hall–Kier alpha value is -1.51. The maximum absolute atomic E-state index is 11.4. The fourth-order valence-corrected chi connectivity index (χ4v) is 2.42. The predicted octanol–water partition coefficient (Wildman–Crippen LogP) is 3.33. The standard InChI is InChI=1S/C16H23NO2/c1-5-19-14-10-11(16(2,3)4)6-7-12(14)13-8-9-15(18)17-13/h6-7,10,13H,5,8-9H2,1-4H3,(H,17,18). The van der Waals surface area contributed by atoms with E-state index in [1.54, 1.807) is 0 Å². The van der Waals surface area contributed by atoms with Crippen LogP contribution in [0.3, 0.4) is 0 Å². The Labute approximate surface area is 115 Å². The van der Waals surface area contributed by atoms with Crippen LogP contribution in [0.25, 0.3) is 0 Å². The smallest absolute Gasteiger partial charge is 0.220 e. The summed E-state index contributed by atoms with van der Waals surface area (Å²) in [5.74, 6) is 1.04. The van der Waals surface area contributed by atoms with Crippen molar-refractivity contribution >= 4 is 5.91 Å². The van der Waals surface area contributed by atoms with Crippen molar-refractivity contribution in [2.45, 2.75) is 52.0 Å². The van der Waals surface area contributed by atoms with Gasteiger partial charge < -0.3 is 10.1 Å². The Bertz CT molecular complexity index is 474. The molecule has 1 N–H and O–H groups in total. The number of benzene rings is 1. The molecule has 1 aliphatic rings. The highest BCUT2D eigenvalue weighted by molar-refractivity contribution is 5.79. The third-order valence-electron chi connectivity index (χ3n) is 3.55. The SMILES string of the molecule is CCOc1cc(C(C)(C)C)ccc1C1CCC(=O)N1. The fourth-order valence-electron chi connectivity index (χ4n) is 2.42. The van der Waals surface area contributed by atoms with Gasteiger partial charge in [0.1, 0.15) is 5.75 Å². The molecule has 1 saturated heterocycles. The van der Waals surface area contributed by atoms with Crippen LogP contribution in [0.2, 0.25) is 0 Å². The number of nitrogens with one attached hydrogen (secondary N) is 1. The molecule has 1 aliphatic heterocycles. The lowest BCUT2D eigenvalue weighted by atomic mass is 9.85. The summed E-state index contributed by atoms with van der Waals surface area (Å²) in [6, 6.07) is 6.45. The molecule has 19 heavy (non-hydrogen) atoms. The van der Waals surface area contributed by atoms with E-state index >= 15 is 0 Å². The molecule has 1 aromatic rings. The molecule has 2 rings (SSSR count). The number of rotatable bonds is 3. The molecule has 0 bridgehead atoms. The second-order valence-corrected chi connectivity index (χ2v) is 6.09. The second-order valence-electron chi connectivity index (χ2n) is 6.09. The van der Waals surface area contributed by atoms with Gasteiger partial charge in [0.15, 0.2) is 0 Å². The Balaban J connectivity index is 2.35. The molecule has 1 fully saturated rings. The average molecular weight is 261 g/mol. The van der Waals surface area contributed by atoms with E-state index < -0.39 is 0 Å². The molecule has 1 aromatic carbocycles. The Morgan fingerprint density at radius 1 is 1.37 bits per heavy atom. The van der Waals surface area contributed by atoms with Crippen molar-refractivity contribution in [3.63, 3.8) is 0 Å². The van der Waals surface area contributed by atoms with E-state index in [-0.39, 0.29) is 17.4 Å². The number of amides is 1. The maximum atomic E-state index is 11.4. The second kappa shape index (κ2) is 5.24. The summed E-state index contributed by atoms with van der Waals surface area (Å²) >= 11 is 0. The lowest BCUT2D eigenvalue weighted by Crippen LogP contribution is -2.19. The lowest BCUT2D eigenvalue weighted by molar-refractivity contribution is -0.119. The van der Waals surface area contributed by atoms with Crippen molar-refractivity contribution in [1.29, 1.82) is 0 Å². The zero-order valence-electron chi connectivity index (χ0n) is 12.2. The van der Waals surface area contributed by atoms with Gasteiger partial charge in [-0.3, -0.25) is 4.79 Å². The maximum Gasteiger partial charge on any atom is 0.220 e. The molecule has 0 spiro atoms. The molecule has 0 radical (unpaired) electrons. The van der Waals surface area contributed by atoms with Gasteiger partial charge in [0, 0.05) is 12.0 Å². The topological polar surface area (TPSA) is 38.3 Å². The Morgan fingerprint density at radius 3 is 2.63 bits per heavy atom. The first kappa shape index (κ1) is 13.9. The molecule has 1 unspecified atom stereocenters. The number of hydrogen-bond acceptors (Lipinski definition) is 2. The van der Waals surface area contributed by atoms with E-state index in [1.807, 2.05) is 6.92 Å². The van der Waals surface area contributed by atoms with Gasteiger partial charge in [-0.05, 0) is 30.4 Å². The molecule has 104 valence electrons. The molecule has 3 heteroatoms. The zero-order valence-corrected chi connectivity index (χ0v) is 12.2. The molecule has 0 saturated carbocycles. The highest BCUT2D eigenvalue weighted by atomic mass is 16.5. The van der Waals surface area contributed by atoms with Crippen LogP contribution in [-0.4, -0.2) is 12.5 Å². The lowest BCUT2D eigenvalue weighted by Gasteiger charge is -2.23. The third kappa shape index (κ3) is 3.09. The molecule has 1 heterocycles. The number of carbonyl (C=O) groups is 1. The molecular weight excluding hydrogens is 238 g/mol. The van der Waals surface area contributed by atoms with Gasteiger partial charge in [0.05, 0.1) is 12.6 Å². The first-order valence-electron chi connectivity index (χ1n) is 6.98. The summed E-state index contributed by atoms with van der Waals surface area (Å²) < 4.78 is 5.77. The van der Waals surface area contributed by atoms with Crippen molar-refractivity contribution in [2.75, 3.05) is 6.61 Å². The largest absolute Gasteiger partial charge is 0.494 e. The van der Waals surface area contributed by atoms with Crippen LogP contribution in [0.4, 0.5) is 0 Å². The summed E-state index contributed by atoms with van der Waals surface area (Å²) in [6.45, 7) is 9.20. The van der Waals surface area contributed by atoms with Crippen molar-refractivity contribution in [3.8, 4) is 5.75 Å². The van der Waals surface area contributed by atoms with Crippen LogP contribution in [0.5, 0.6) is 5.75 Å². The average Bonchev–Trinajstić information content (AvgIpc) is 2.75. The van der Waals surface area contributed by atoms with Crippen LogP contribution < -0.4 is 10.1 Å². The van der Waals surface area contributed by atoms with Crippen LogP contribution in [0.15, 0.2) is 18.2 Å². The first-order chi connectivity index (χ1) is 8.91. The van der Waals surface area contributed by atoms with Crippen LogP contribution in [0.1, 0.15) is 57.7 Å². The minimum absolute atomic E-state index is 0.100. The summed E-state index contributed by atoms with van der Waals surface area (Å²) in [6.07, 6.45) is 1.46. The van der Waals surface area contributed by atoms with Gasteiger partial charge in [0.2, 0.25) is 5.91 Å². The normalized spacial score (nSPS) is 19.4. The molecule has 0 aliphatic carbocycles. The van der Waals surface area contributed by atoms with Crippen molar-refractivity contribution in [1.82, 2.24) is 5.32 Å². The number of carbonyl (C=O) groups excluding carboxylic acids is 1. The predicted molar refractivity (Wildman–Crippen MR) is 76.4 cm³/mol. The highest BCUT2D eigenvalue weighted by Crippen LogP contribution is 2.35. The molecule has 0 aromatic heterocycles. The summed E-state index contributed by atoms with van der Waals surface area (Å²) in [4.78, 5) is 11.4. The fraction of sp³-hybridized carbons (Fsp3) is 0.562. The van der Waals surface area contributed by atoms with Crippen molar-refractivity contribution < 1.29 is 9.53 Å². The van der Waals surface area contributed by atoms with Gasteiger partial charge in [0.25, 0.3) is 0 Å². The van der Waals surface area contributed by atoms with E-state index in [1.165, 1.54) is 5.56 Å². The van der Waals surface area contributed by atoms with Gasteiger partial charge in [-0.1, -0.05) is 32.9 Å². The van der Waals surface area contributed by atoms with Crippen LogP contribution in [-0.2, 0) is 10.2 Å². The van der Waals surface area contributed by atoms with Gasteiger partial charge >= 0.3 is 0 Å². The van der Waals surface area contributed by atoms with Crippen molar-refractivity contribution in [2.24, 2.45) is 0 Å². The number of hydrogen-bond donors (Lipinski definition) is 1. The van der Waals surface area contributed by atoms with Gasteiger partial charge in [-0.25, -0.2) is 0 Å². The summed E-state index contributed by atoms with van der Waals surface area (Å²) in [5, 5.41) is 3.01. The van der Waals surface area contributed by atoms with E-state index in [2.05, 4.69) is 44.3 Å². The minimum Gasteiger partial charge on any atom is -0.494 e. The monoisotopic (exact) mass is 261 g/mol. The van der Waals surface area contributed by atoms with Crippen LogP contribution in [0, 0.1) is 0 Å². The summed E-state index contributed by atoms with van der Waals surface area (Å²) in [7, 11) is 0. The summed E-state index contributed by atoms with van der Waals surface area (Å²) in [5.41, 5.74) is 2.45. The van der Waals surface area contributed by atoms with E-state index in [0.717, 1.165) is 17.7 Å². The van der Waals surface area contributed by atoms with Crippen molar-refractivity contribution in [3.05, 3.63) is 29.3 Å². The van der Waals surface area contributed by atoms with E-state index in [9.17, 15) is 4.79 Å². The van der Waals surface area contributed by atoms with E-state index in [0.29, 0.717) is 13.0 Å². The van der Waals surface area contributed by atoms with Gasteiger partial charge in [-0.2, -0.15) is 0 Å². The molecule has 3 nitrogen and oxygen atoms in total. The molecular formula is C16H23NO2. The zero-order chi connectivity index (χ0) is 14.0. The first-order valence-corrected chi connectivity index (χ1v) is 6.98. The van der Waals surface area contributed by atoms with E-state index in [4.69, 9.17) is 4.74 Å². The third-order valence-corrected chi connectivity index (χ3v) is 3.55. The quantitative estimate of drug-likeness (QED) is 0.906.